The predicted molar refractivity (Wildman–Crippen MR) is 80.1 cm³/mol. The van der Waals surface area contributed by atoms with E-state index in [2.05, 4.69) is 15.3 Å². The number of amides is 1. The van der Waals surface area contributed by atoms with Crippen LogP contribution < -0.4 is 5.32 Å². The number of imidazole rings is 1. The van der Waals surface area contributed by atoms with Crippen LogP contribution >= 0.6 is 22.6 Å². The van der Waals surface area contributed by atoms with Crippen molar-refractivity contribution >= 4 is 28.5 Å². The van der Waals surface area contributed by atoms with E-state index in [4.69, 9.17) is 0 Å². The molecule has 0 aliphatic heterocycles. The number of aryl methyl sites for hydroxylation is 1. The van der Waals surface area contributed by atoms with Crippen molar-refractivity contribution < 1.29 is 9.90 Å². The normalized spacial score (nSPS) is 10.4. The van der Waals surface area contributed by atoms with Gasteiger partial charge in [0.25, 0.3) is 5.91 Å². The van der Waals surface area contributed by atoms with Gasteiger partial charge in [0.2, 0.25) is 0 Å². The van der Waals surface area contributed by atoms with Gasteiger partial charge in [-0.1, -0.05) is 0 Å². The minimum Gasteiger partial charge on any atom is -0.507 e. The summed E-state index contributed by atoms with van der Waals surface area (Å²) in [6, 6.07) is 4.89. The van der Waals surface area contributed by atoms with Crippen LogP contribution in [0, 0.1) is 3.57 Å². The topological polar surface area (TPSA) is 78.0 Å². The molecule has 1 aromatic heterocycles. The van der Waals surface area contributed by atoms with E-state index in [0.29, 0.717) is 12.1 Å². The number of aromatic nitrogens is 2. The fraction of sp³-hybridized carbons (Fsp3) is 0.231. The highest BCUT2D eigenvalue weighted by Gasteiger charge is 2.07. The molecule has 1 heterocycles. The number of nitrogens with one attached hydrogen (secondary N) is 2. The Hall–Kier alpha value is -1.57. The molecule has 0 aliphatic rings. The lowest BCUT2D eigenvalue weighted by Gasteiger charge is -2.05. The van der Waals surface area contributed by atoms with E-state index in [1.165, 1.54) is 6.07 Å². The Kier molecular flexibility index (Phi) is 4.78. The van der Waals surface area contributed by atoms with Gasteiger partial charge in [-0.05, 0) is 47.2 Å². The molecule has 6 heteroatoms. The van der Waals surface area contributed by atoms with Crippen molar-refractivity contribution in [2.75, 3.05) is 6.54 Å². The molecule has 0 atom stereocenters. The second-order valence-corrected chi connectivity index (χ2v) is 5.22. The van der Waals surface area contributed by atoms with Crippen molar-refractivity contribution in [2.45, 2.75) is 12.8 Å². The Morgan fingerprint density at radius 1 is 1.47 bits per heavy atom. The molecule has 19 heavy (non-hydrogen) atoms. The summed E-state index contributed by atoms with van der Waals surface area (Å²) < 4.78 is 0.729. The zero-order chi connectivity index (χ0) is 13.7. The Bertz CT molecular complexity index is 555. The SMILES string of the molecule is O=C(NCCCc1ncc[nH]1)c1ccc(I)c(O)c1. The van der Waals surface area contributed by atoms with Crippen LogP contribution in [0.25, 0.3) is 0 Å². The number of benzene rings is 1. The van der Waals surface area contributed by atoms with Crippen molar-refractivity contribution in [3.05, 3.63) is 45.6 Å². The summed E-state index contributed by atoms with van der Waals surface area (Å²) in [4.78, 5) is 18.9. The molecule has 100 valence electrons. The second-order valence-electron chi connectivity index (χ2n) is 4.06. The first-order valence-corrected chi connectivity index (χ1v) is 6.99. The van der Waals surface area contributed by atoms with E-state index in [0.717, 1.165) is 22.2 Å². The highest BCUT2D eigenvalue weighted by molar-refractivity contribution is 14.1. The number of hydrogen-bond acceptors (Lipinski definition) is 3. The van der Waals surface area contributed by atoms with E-state index in [9.17, 15) is 9.90 Å². The minimum absolute atomic E-state index is 0.129. The number of nitrogens with zero attached hydrogens (tertiary/aromatic N) is 1. The first kappa shape index (κ1) is 13.9. The van der Waals surface area contributed by atoms with Gasteiger partial charge in [-0.15, -0.1) is 0 Å². The molecular weight excluding hydrogens is 357 g/mol. The standard InChI is InChI=1S/C13H14IN3O2/c14-10-4-3-9(8-11(10)18)13(19)17-5-1-2-12-15-6-7-16-12/h3-4,6-8,18H,1-2,5H2,(H,15,16)(H,17,19). The molecule has 1 amide bonds. The van der Waals surface area contributed by atoms with Gasteiger partial charge in [0, 0.05) is 30.9 Å². The number of phenolic OH excluding ortho intramolecular Hbond substituents is 1. The molecule has 0 aliphatic carbocycles. The molecule has 0 spiro atoms. The Labute approximate surface area is 124 Å². The summed E-state index contributed by atoms with van der Waals surface area (Å²) in [7, 11) is 0. The van der Waals surface area contributed by atoms with Crippen molar-refractivity contribution in [2.24, 2.45) is 0 Å². The summed E-state index contributed by atoms with van der Waals surface area (Å²) in [5, 5.41) is 12.4. The van der Waals surface area contributed by atoms with Gasteiger partial charge in [0.05, 0.1) is 3.57 Å². The lowest BCUT2D eigenvalue weighted by Crippen LogP contribution is -2.24. The summed E-state index contributed by atoms with van der Waals surface area (Å²) in [5.74, 6) is 0.871. The molecule has 2 aromatic rings. The molecule has 0 saturated carbocycles. The third kappa shape index (κ3) is 3.95. The maximum Gasteiger partial charge on any atom is 0.251 e. The lowest BCUT2D eigenvalue weighted by atomic mass is 10.2. The van der Waals surface area contributed by atoms with Crippen molar-refractivity contribution in [3.63, 3.8) is 0 Å². The molecule has 0 fully saturated rings. The molecule has 3 N–H and O–H groups in total. The molecule has 2 rings (SSSR count). The first-order chi connectivity index (χ1) is 9.16. The molecular formula is C13H14IN3O2. The summed E-state index contributed by atoms with van der Waals surface area (Å²) in [5.41, 5.74) is 0.468. The molecule has 0 saturated heterocycles. The number of aromatic amines is 1. The van der Waals surface area contributed by atoms with Gasteiger partial charge in [0.15, 0.2) is 0 Å². The van der Waals surface area contributed by atoms with Gasteiger partial charge in [-0.25, -0.2) is 4.98 Å². The van der Waals surface area contributed by atoms with Crippen LogP contribution in [-0.4, -0.2) is 27.5 Å². The summed E-state index contributed by atoms with van der Waals surface area (Å²) >= 11 is 2.01. The fourth-order valence-corrected chi connectivity index (χ4v) is 1.98. The quantitative estimate of drug-likeness (QED) is 0.556. The Balaban J connectivity index is 1.79. The maximum atomic E-state index is 11.8. The Morgan fingerprint density at radius 3 is 3.00 bits per heavy atom. The van der Waals surface area contributed by atoms with Crippen LogP contribution in [0.1, 0.15) is 22.6 Å². The van der Waals surface area contributed by atoms with Crippen molar-refractivity contribution in [1.82, 2.24) is 15.3 Å². The predicted octanol–water partition coefficient (Wildman–Crippen LogP) is 2.08. The minimum atomic E-state index is -0.175. The van der Waals surface area contributed by atoms with Crippen molar-refractivity contribution in [1.29, 1.82) is 0 Å². The number of halogens is 1. The van der Waals surface area contributed by atoms with Crippen molar-refractivity contribution in [3.8, 4) is 5.75 Å². The van der Waals surface area contributed by atoms with Crippen LogP contribution in [0.2, 0.25) is 0 Å². The van der Waals surface area contributed by atoms with E-state index in [1.54, 1.807) is 24.5 Å². The average molecular weight is 371 g/mol. The molecule has 1 aromatic carbocycles. The number of hydrogen-bond donors (Lipinski definition) is 3. The van der Waals surface area contributed by atoms with E-state index in [1.807, 2.05) is 22.6 Å². The van der Waals surface area contributed by atoms with Gasteiger partial charge >= 0.3 is 0 Å². The Morgan fingerprint density at radius 2 is 2.32 bits per heavy atom. The monoisotopic (exact) mass is 371 g/mol. The van der Waals surface area contributed by atoms with Crippen LogP contribution in [0.4, 0.5) is 0 Å². The van der Waals surface area contributed by atoms with Gasteiger partial charge in [0.1, 0.15) is 11.6 Å². The van der Waals surface area contributed by atoms with E-state index >= 15 is 0 Å². The average Bonchev–Trinajstić information content (AvgIpc) is 2.91. The number of rotatable bonds is 5. The van der Waals surface area contributed by atoms with E-state index < -0.39 is 0 Å². The maximum absolute atomic E-state index is 11.8. The third-order valence-corrected chi connectivity index (χ3v) is 3.55. The van der Waals surface area contributed by atoms with Gasteiger partial charge in [-0.2, -0.15) is 0 Å². The lowest BCUT2D eigenvalue weighted by molar-refractivity contribution is 0.0952. The number of phenols is 1. The van der Waals surface area contributed by atoms with Crippen LogP contribution in [0.5, 0.6) is 5.75 Å². The molecule has 0 unspecified atom stereocenters. The third-order valence-electron chi connectivity index (χ3n) is 2.64. The van der Waals surface area contributed by atoms with E-state index in [-0.39, 0.29) is 11.7 Å². The zero-order valence-electron chi connectivity index (χ0n) is 10.2. The largest absolute Gasteiger partial charge is 0.507 e. The highest BCUT2D eigenvalue weighted by atomic mass is 127. The molecule has 0 radical (unpaired) electrons. The summed E-state index contributed by atoms with van der Waals surface area (Å²) in [6.07, 6.45) is 5.10. The zero-order valence-corrected chi connectivity index (χ0v) is 12.3. The summed E-state index contributed by atoms with van der Waals surface area (Å²) in [6.45, 7) is 0.576. The fourth-order valence-electron chi connectivity index (χ4n) is 1.65. The highest BCUT2D eigenvalue weighted by Crippen LogP contribution is 2.20. The van der Waals surface area contributed by atoms with Gasteiger partial charge < -0.3 is 15.4 Å². The second kappa shape index (κ2) is 6.55. The number of H-pyrrole nitrogens is 1. The number of carbonyl (C=O) groups excluding carboxylic acids is 1. The number of carbonyl (C=O) groups is 1. The van der Waals surface area contributed by atoms with Crippen LogP contribution in [-0.2, 0) is 6.42 Å². The number of aromatic hydroxyl groups is 1. The molecule has 0 bridgehead atoms. The first-order valence-electron chi connectivity index (χ1n) is 5.92. The smallest absolute Gasteiger partial charge is 0.251 e. The van der Waals surface area contributed by atoms with Crippen LogP contribution in [0.3, 0.4) is 0 Å². The molecule has 5 nitrogen and oxygen atoms in total. The van der Waals surface area contributed by atoms with Crippen LogP contribution in [0.15, 0.2) is 30.6 Å². The van der Waals surface area contributed by atoms with Gasteiger partial charge in [-0.3, -0.25) is 4.79 Å².